The molecule has 3 aromatic rings. The Balaban J connectivity index is 1.84. The molecule has 1 atom stereocenters. The molecule has 6 nitrogen and oxygen atoms in total. The maximum Gasteiger partial charge on any atom is 0.251 e. The molecular weight excluding hydrogens is 388 g/mol. The summed E-state index contributed by atoms with van der Waals surface area (Å²) in [6, 6.07) is 1.61. The van der Waals surface area contributed by atoms with Gasteiger partial charge in [0.05, 0.1) is 10.8 Å². The zero-order chi connectivity index (χ0) is 19.0. The Morgan fingerprint density at radius 1 is 1.27 bits per heavy atom. The van der Waals surface area contributed by atoms with Crippen LogP contribution in [0.15, 0.2) is 16.5 Å². The van der Waals surface area contributed by atoms with E-state index >= 15 is 0 Å². The Labute approximate surface area is 163 Å². The minimum Gasteiger partial charge on any atom is -0.366 e. The number of thiophene rings is 2. The number of anilines is 1. The van der Waals surface area contributed by atoms with Crippen molar-refractivity contribution < 1.29 is 9.59 Å². The first-order chi connectivity index (χ1) is 12.3. The molecule has 3 rings (SSSR count). The molecule has 1 unspecified atom stereocenters. The summed E-state index contributed by atoms with van der Waals surface area (Å²) in [5.41, 5.74) is 6.80. The van der Waals surface area contributed by atoms with Crippen LogP contribution in [0, 0.1) is 20.8 Å². The Bertz CT molecular complexity index is 1010. The minimum atomic E-state index is -0.556. The van der Waals surface area contributed by atoms with Crippen LogP contribution >= 0.6 is 34.4 Å². The fourth-order valence-corrected chi connectivity index (χ4v) is 5.42. The van der Waals surface area contributed by atoms with E-state index < -0.39 is 11.2 Å². The van der Waals surface area contributed by atoms with Crippen LogP contribution in [0.4, 0.5) is 5.00 Å². The number of fused-ring (bicyclic) bond motifs is 1. The molecule has 0 fully saturated rings. The summed E-state index contributed by atoms with van der Waals surface area (Å²) in [5.74, 6) is -0.0727. The molecular formula is C17H18N4O2S3. The number of nitrogens with two attached hydrogens (primary N) is 1. The zero-order valence-corrected chi connectivity index (χ0v) is 17.2. The fraction of sp³-hybridized carbons (Fsp3) is 0.294. The number of carbonyl (C=O) groups excluding carboxylic acids is 2. The predicted molar refractivity (Wildman–Crippen MR) is 108 cm³/mol. The molecule has 2 amide bonds. The molecule has 136 valence electrons. The Morgan fingerprint density at radius 3 is 2.69 bits per heavy atom. The van der Waals surface area contributed by atoms with Crippen molar-refractivity contribution in [3.63, 3.8) is 0 Å². The van der Waals surface area contributed by atoms with Crippen molar-refractivity contribution in [3.8, 4) is 0 Å². The molecule has 0 radical (unpaired) electrons. The minimum absolute atomic E-state index is 0.200. The highest BCUT2D eigenvalue weighted by molar-refractivity contribution is 8.00. The first kappa shape index (κ1) is 18.8. The standard InChI is InChI=1S/C17H18N4O2S3/c1-7-8(2)25-16-12(7)17(20-10(4)19-16)26-9(3)14(23)21-15-11(13(18)22)5-6-24-15/h5-6,9H,1-4H3,(H2,18,22)(H,21,23). The third-order valence-corrected chi connectivity index (χ3v) is 6.95. The maximum atomic E-state index is 12.6. The molecule has 0 aliphatic heterocycles. The Hall–Kier alpha value is -1.97. The van der Waals surface area contributed by atoms with Gasteiger partial charge in [-0.05, 0) is 44.7 Å². The maximum absolute atomic E-state index is 12.6. The average molecular weight is 407 g/mol. The topological polar surface area (TPSA) is 98.0 Å². The Kier molecular flexibility index (Phi) is 5.31. The van der Waals surface area contributed by atoms with Gasteiger partial charge in [0.1, 0.15) is 20.7 Å². The number of amides is 2. The second kappa shape index (κ2) is 7.34. The van der Waals surface area contributed by atoms with Crippen LogP contribution in [0.3, 0.4) is 0 Å². The molecule has 0 spiro atoms. The Morgan fingerprint density at radius 2 is 2.00 bits per heavy atom. The summed E-state index contributed by atoms with van der Waals surface area (Å²) in [6.07, 6.45) is 0. The number of nitrogens with zero attached hydrogens (tertiary/aromatic N) is 2. The van der Waals surface area contributed by atoms with Gasteiger partial charge in [-0.1, -0.05) is 11.8 Å². The number of carbonyl (C=O) groups is 2. The highest BCUT2D eigenvalue weighted by Gasteiger charge is 2.22. The lowest BCUT2D eigenvalue weighted by atomic mass is 10.2. The van der Waals surface area contributed by atoms with Crippen LogP contribution in [0.1, 0.15) is 33.5 Å². The van der Waals surface area contributed by atoms with E-state index in [0.717, 1.165) is 20.8 Å². The number of rotatable bonds is 5. The van der Waals surface area contributed by atoms with Crippen molar-refractivity contribution in [1.82, 2.24) is 9.97 Å². The van der Waals surface area contributed by atoms with E-state index in [0.29, 0.717) is 16.4 Å². The number of aromatic nitrogens is 2. The van der Waals surface area contributed by atoms with Crippen LogP contribution in [0.2, 0.25) is 0 Å². The highest BCUT2D eigenvalue weighted by atomic mass is 32.2. The van der Waals surface area contributed by atoms with Gasteiger partial charge in [0.25, 0.3) is 5.91 Å². The molecule has 9 heteroatoms. The van der Waals surface area contributed by atoms with E-state index in [9.17, 15) is 9.59 Å². The van der Waals surface area contributed by atoms with Gasteiger partial charge in [0.15, 0.2) is 0 Å². The van der Waals surface area contributed by atoms with E-state index in [2.05, 4.69) is 22.2 Å². The molecule has 3 aromatic heterocycles. The smallest absolute Gasteiger partial charge is 0.251 e. The van der Waals surface area contributed by atoms with Crippen LogP contribution in [-0.4, -0.2) is 27.0 Å². The van der Waals surface area contributed by atoms with Gasteiger partial charge in [0, 0.05) is 10.3 Å². The van der Waals surface area contributed by atoms with Crippen LogP contribution in [-0.2, 0) is 4.79 Å². The summed E-state index contributed by atoms with van der Waals surface area (Å²) in [4.78, 5) is 35.2. The summed E-state index contributed by atoms with van der Waals surface area (Å²) in [7, 11) is 0. The SMILES string of the molecule is Cc1nc(SC(C)C(=O)Nc2sccc2C(N)=O)c2c(C)c(C)sc2n1. The lowest BCUT2D eigenvalue weighted by molar-refractivity contribution is -0.115. The molecule has 3 heterocycles. The van der Waals surface area contributed by atoms with Crippen LogP contribution in [0.5, 0.6) is 0 Å². The van der Waals surface area contributed by atoms with E-state index in [4.69, 9.17) is 5.73 Å². The third kappa shape index (κ3) is 3.60. The monoisotopic (exact) mass is 406 g/mol. The first-order valence-corrected chi connectivity index (χ1v) is 10.4. The summed E-state index contributed by atoms with van der Waals surface area (Å²) in [5, 5.41) is 6.41. The number of primary amides is 1. The summed E-state index contributed by atoms with van der Waals surface area (Å²) in [6.45, 7) is 7.77. The second-order valence-corrected chi connectivity index (χ2v) is 9.27. The fourth-order valence-electron chi connectivity index (χ4n) is 2.43. The number of nitrogens with one attached hydrogen (secondary N) is 1. The molecule has 0 saturated carbocycles. The number of hydrogen-bond donors (Lipinski definition) is 2. The highest BCUT2D eigenvalue weighted by Crippen LogP contribution is 2.37. The van der Waals surface area contributed by atoms with E-state index in [1.165, 1.54) is 28.0 Å². The van der Waals surface area contributed by atoms with Crippen LogP contribution < -0.4 is 11.1 Å². The van der Waals surface area contributed by atoms with Crippen molar-refractivity contribution in [2.75, 3.05) is 5.32 Å². The van der Waals surface area contributed by atoms with Gasteiger partial charge in [-0.15, -0.1) is 22.7 Å². The van der Waals surface area contributed by atoms with Crippen molar-refractivity contribution in [1.29, 1.82) is 0 Å². The quantitative estimate of drug-likeness (QED) is 0.495. The van der Waals surface area contributed by atoms with Gasteiger partial charge < -0.3 is 11.1 Å². The summed E-state index contributed by atoms with van der Waals surface area (Å²) < 4.78 is 0. The molecule has 3 N–H and O–H groups in total. The molecule has 0 saturated heterocycles. The first-order valence-electron chi connectivity index (χ1n) is 7.87. The zero-order valence-electron chi connectivity index (χ0n) is 14.7. The van der Waals surface area contributed by atoms with E-state index in [1.54, 1.807) is 22.8 Å². The number of thioether (sulfide) groups is 1. The van der Waals surface area contributed by atoms with Crippen LogP contribution in [0.25, 0.3) is 10.2 Å². The largest absolute Gasteiger partial charge is 0.366 e. The third-order valence-electron chi connectivity index (χ3n) is 3.93. The van der Waals surface area contributed by atoms with Crippen molar-refractivity contribution in [2.45, 2.75) is 38.0 Å². The molecule has 0 aliphatic rings. The van der Waals surface area contributed by atoms with Crippen molar-refractivity contribution in [3.05, 3.63) is 33.3 Å². The van der Waals surface area contributed by atoms with E-state index in [1.807, 2.05) is 20.8 Å². The number of hydrogen-bond acceptors (Lipinski definition) is 7. The van der Waals surface area contributed by atoms with Gasteiger partial charge in [-0.2, -0.15) is 0 Å². The van der Waals surface area contributed by atoms with E-state index in [-0.39, 0.29) is 5.91 Å². The van der Waals surface area contributed by atoms with Gasteiger partial charge in [0.2, 0.25) is 5.91 Å². The lowest BCUT2D eigenvalue weighted by Gasteiger charge is -2.12. The molecule has 0 bridgehead atoms. The predicted octanol–water partition coefficient (Wildman–Crippen LogP) is 3.90. The lowest BCUT2D eigenvalue weighted by Crippen LogP contribution is -2.23. The average Bonchev–Trinajstić information content (AvgIpc) is 3.12. The van der Waals surface area contributed by atoms with Gasteiger partial charge in [-0.25, -0.2) is 9.97 Å². The van der Waals surface area contributed by atoms with Crippen molar-refractivity contribution in [2.24, 2.45) is 5.73 Å². The molecule has 26 heavy (non-hydrogen) atoms. The van der Waals surface area contributed by atoms with Crippen molar-refractivity contribution >= 4 is 61.5 Å². The normalized spacial score (nSPS) is 12.3. The van der Waals surface area contributed by atoms with Gasteiger partial charge in [-0.3, -0.25) is 9.59 Å². The second-order valence-electron chi connectivity index (χ2n) is 5.82. The number of aryl methyl sites for hydroxylation is 3. The summed E-state index contributed by atoms with van der Waals surface area (Å²) >= 11 is 4.30. The molecule has 0 aliphatic carbocycles. The van der Waals surface area contributed by atoms with Gasteiger partial charge >= 0.3 is 0 Å². The molecule has 0 aromatic carbocycles.